The number of methoxy groups -OCH3 is 1. The Morgan fingerprint density at radius 3 is 2.41 bits per heavy atom. The molecule has 0 spiro atoms. The number of halogens is 2. The first kappa shape index (κ1) is 24.0. The average Bonchev–Trinajstić information content (AvgIpc) is 3.02. The largest absolute Gasteiger partial charge is 0.507 e. The second kappa shape index (κ2) is 10.3. The van der Waals surface area contributed by atoms with Crippen molar-refractivity contribution in [3.63, 3.8) is 0 Å². The quantitative estimate of drug-likeness (QED) is 0.303. The van der Waals surface area contributed by atoms with E-state index in [9.17, 15) is 14.7 Å². The molecule has 1 aliphatic heterocycles. The van der Waals surface area contributed by atoms with Crippen LogP contribution in [0.3, 0.4) is 0 Å². The predicted octanol–water partition coefficient (Wildman–Crippen LogP) is 5.62. The molecule has 0 bridgehead atoms. The third-order valence-electron chi connectivity index (χ3n) is 5.25. The molecule has 0 radical (unpaired) electrons. The average molecular weight is 478 g/mol. The lowest BCUT2D eigenvalue weighted by molar-refractivity contribution is -0.139. The van der Waals surface area contributed by atoms with E-state index in [1.807, 2.05) is 13.8 Å². The Bertz CT molecular complexity index is 1040. The van der Waals surface area contributed by atoms with E-state index in [2.05, 4.69) is 0 Å². The van der Waals surface area contributed by atoms with E-state index < -0.39 is 17.7 Å². The number of benzene rings is 2. The summed E-state index contributed by atoms with van der Waals surface area (Å²) in [7, 11) is 1.43. The number of unbranched alkanes of at least 4 members (excludes halogenated alkanes) is 1. The summed E-state index contributed by atoms with van der Waals surface area (Å²) in [5, 5.41) is 11.5. The van der Waals surface area contributed by atoms with Crippen LogP contribution in [-0.2, 0) is 9.59 Å². The maximum atomic E-state index is 13.0. The fraction of sp³-hybridized carbons (Fsp3) is 0.333. The molecule has 2 aromatic rings. The number of Topliss-reactive ketones (excluding diaryl/α,β-unsaturated/α-hetero) is 1. The number of ether oxygens (including phenoxy) is 2. The van der Waals surface area contributed by atoms with E-state index in [-0.39, 0.29) is 32.7 Å². The summed E-state index contributed by atoms with van der Waals surface area (Å²) in [6, 6.07) is 9.32. The highest BCUT2D eigenvalue weighted by atomic mass is 35.5. The van der Waals surface area contributed by atoms with E-state index >= 15 is 0 Å². The number of ketones is 1. The van der Waals surface area contributed by atoms with Crippen molar-refractivity contribution in [2.45, 2.75) is 32.7 Å². The number of hydrogen-bond acceptors (Lipinski definition) is 5. The molecule has 170 valence electrons. The zero-order valence-electron chi connectivity index (χ0n) is 18.2. The number of rotatable bonds is 8. The summed E-state index contributed by atoms with van der Waals surface area (Å²) < 4.78 is 10.8. The zero-order valence-corrected chi connectivity index (χ0v) is 19.7. The van der Waals surface area contributed by atoms with E-state index in [1.54, 1.807) is 24.3 Å². The van der Waals surface area contributed by atoms with Gasteiger partial charge in [-0.3, -0.25) is 9.59 Å². The van der Waals surface area contributed by atoms with Crippen molar-refractivity contribution in [3.8, 4) is 11.5 Å². The van der Waals surface area contributed by atoms with Crippen LogP contribution < -0.4 is 9.47 Å². The minimum absolute atomic E-state index is 0.0166. The number of amides is 1. The van der Waals surface area contributed by atoms with Crippen LogP contribution in [0.4, 0.5) is 0 Å². The van der Waals surface area contributed by atoms with Gasteiger partial charge in [-0.1, -0.05) is 48.7 Å². The van der Waals surface area contributed by atoms with Crippen LogP contribution in [0, 0.1) is 0 Å². The number of carbonyl (C=O) groups excluding carboxylic acids is 2. The zero-order chi connectivity index (χ0) is 23.4. The minimum Gasteiger partial charge on any atom is -0.507 e. The van der Waals surface area contributed by atoms with Crippen LogP contribution in [0.25, 0.3) is 5.76 Å². The maximum absolute atomic E-state index is 13.0. The molecule has 1 fully saturated rings. The highest BCUT2D eigenvalue weighted by Crippen LogP contribution is 2.42. The Morgan fingerprint density at radius 2 is 1.81 bits per heavy atom. The Morgan fingerprint density at radius 1 is 1.12 bits per heavy atom. The Labute approximate surface area is 197 Å². The van der Waals surface area contributed by atoms with Crippen LogP contribution >= 0.6 is 23.2 Å². The molecule has 0 aliphatic carbocycles. The van der Waals surface area contributed by atoms with Gasteiger partial charge in [0.2, 0.25) is 0 Å². The van der Waals surface area contributed by atoms with Crippen molar-refractivity contribution < 1.29 is 24.2 Å². The van der Waals surface area contributed by atoms with Crippen LogP contribution in [-0.4, -0.2) is 42.0 Å². The van der Waals surface area contributed by atoms with E-state index in [4.69, 9.17) is 32.7 Å². The lowest BCUT2D eigenvalue weighted by Gasteiger charge is -2.25. The number of carbonyl (C=O) groups is 2. The summed E-state index contributed by atoms with van der Waals surface area (Å²) in [5.74, 6) is -0.887. The normalized spacial score (nSPS) is 17.7. The summed E-state index contributed by atoms with van der Waals surface area (Å²) in [5.41, 5.74) is 0.871. The molecule has 1 unspecified atom stereocenters. The third kappa shape index (κ3) is 4.57. The van der Waals surface area contributed by atoms with Gasteiger partial charge in [0.25, 0.3) is 11.7 Å². The molecule has 0 aromatic heterocycles. The summed E-state index contributed by atoms with van der Waals surface area (Å²) >= 11 is 12.5. The monoisotopic (exact) mass is 477 g/mol. The van der Waals surface area contributed by atoms with E-state index in [0.717, 1.165) is 12.8 Å². The summed E-state index contributed by atoms with van der Waals surface area (Å²) in [4.78, 5) is 27.5. The van der Waals surface area contributed by atoms with Crippen molar-refractivity contribution >= 4 is 40.7 Å². The molecular weight excluding hydrogens is 453 g/mol. The molecular formula is C24H25Cl2NO5. The lowest BCUT2D eigenvalue weighted by atomic mass is 9.95. The summed E-state index contributed by atoms with van der Waals surface area (Å²) in [6.45, 7) is 4.73. The predicted molar refractivity (Wildman–Crippen MR) is 125 cm³/mol. The first-order valence-electron chi connectivity index (χ1n) is 10.4. The highest BCUT2D eigenvalue weighted by Gasteiger charge is 2.45. The number of hydrogen-bond donors (Lipinski definition) is 1. The Hall–Kier alpha value is -2.70. The number of aliphatic hydroxyl groups is 1. The molecule has 2 aromatic carbocycles. The molecule has 0 saturated carbocycles. The standard InChI is InChI=1S/C24H25Cl2NO5/c1-4-6-10-27-20(14-8-7-9-16(11-14)32-5-2)19(22(29)24(27)30)21(28)15-12-17(25)23(31-3)18(26)13-15/h7-9,11-13,20,28H,4-6,10H2,1-3H3/b21-19+. The first-order valence-corrected chi connectivity index (χ1v) is 11.1. The van der Waals surface area contributed by atoms with Crippen LogP contribution in [0.15, 0.2) is 42.0 Å². The molecule has 1 saturated heterocycles. The van der Waals surface area contributed by atoms with Gasteiger partial charge in [0.05, 0.1) is 35.4 Å². The molecule has 1 amide bonds. The maximum Gasteiger partial charge on any atom is 0.295 e. The van der Waals surface area contributed by atoms with Crippen molar-refractivity contribution in [1.82, 2.24) is 4.90 Å². The fourth-order valence-corrected chi connectivity index (χ4v) is 4.42. The second-order valence-corrected chi connectivity index (χ2v) is 8.14. The van der Waals surface area contributed by atoms with Gasteiger partial charge in [-0.15, -0.1) is 0 Å². The first-order chi connectivity index (χ1) is 15.3. The van der Waals surface area contributed by atoms with Gasteiger partial charge < -0.3 is 19.5 Å². The topological polar surface area (TPSA) is 76.1 Å². The fourth-order valence-electron chi connectivity index (χ4n) is 3.77. The van der Waals surface area contributed by atoms with E-state index in [1.165, 1.54) is 24.1 Å². The molecule has 6 nitrogen and oxygen atoms in total. The van der Waals surface area contributed by atoms with Crippen LogP contribution in [0.2, 0.25) is 10.0 Å². The van der Waals surface area contributed by atoms with Gasteiger partial charge in [0.1, 0.15) is 11.5 Å². The van der Waals surface area contributed by atoms with Crippen LogP contribution in [0.1, 0.15) is 43.9 Å². The minimum atomic E-state index is -0.762. The van der Waals surface area contributed by atoms with Crippen molar-refractivity contribution in [3.05, 3.63) is 63.1 Å². The highest BCUT2D eigenvalue weighted by molar-refractivity contribution is 6.46. The molecule has 1 aliphatic rings. The van der Waals surface area contributed by atoms with Gasteiger partial charge in [0.15, 0.2) is 5.75 Å². The Balaban J connectivity index is 2.20. The lowest BCUT2D eigenvalue weighted by Crippen LogP contribution is -2.30. The van der Waals surface area contributed by atoms with Crippen LogP contribution in [0.5, 0.6) is 11.5 Å². The number of nitrogens with zero attached hydrogens (tertiary/aromatic N) is 1. The Kier molecular flexibility index (Phi) is 7.69. The molecule has 1 heterocycles. The second-order valence-electron chi connectivity index (χ2n) is 7.32. The van der Waals surface area contributed by atoms with Crippen molar-refractivity contribution in [1.29, 1.82) is 0 Å². The van der Waals surface area contributed by atoms with Gasteiger partial charge in [0, 0.05) is 12.1 Å². The van der Waals surface area contributed by atoms with Gasteiger partial charge in [-0.25, -0.2) is 0 Å². The summed E-state index contributed by atoms with van der Waals surface area (Å²) in [6.07, 6.45) is 1.56. The SMILES string of the molecule is CCCCN1C(=O)C(=O)/C(=C(/O)c2cc(Cl)c(OC)c(Cl)c2)C1c1cccc(OCC)c1. The smallest absolute Gasteiger partial charge is 0.295 e. The molecule has 3 rings (SSSR count). The molecule has 32 heavy (non-hydrogen) atoms. The van der Waals surface area contributed by atoms with Gasteiger partial charge in [-0.05, 0) is 43.2 Å². The van der Waals surface area contributed by atoms with Crippen molar-refractivity contribution in [2.75, 3.05) is 20.3 Å². The van der Waals surface area contributed by atoms with Crippen molar-refractivity contribution in [2.24, 2.45) is 0 Å². The van der Waals surface area contributed by atoms with Gasteiger partial charge >= 0.3 is 0 Å². The number of likely N-dealkylation sites (tertiary alicyclic amines) is 1. The number of aliphatic hydroxyl groups excluding tert-OH is 1. The van der Waals surface area contributed by atoms with E-state index in [0.29, 0.717) is 24.5 Å². The molecule has 1 atom stereocenters. The third-order valence-corrected chi connectivity index (χ3v) is 5.81. The molecule has 8 heteroatoms. The molecule has 1 N–H and O–H groups in total. The van der Waals surface area contributed by atoms with Gasteiger partial charge in [-0.2, -0.15) is 0 Å².